The molecule has 1 unspecified atom stereocenters. The van der Waals surface area contributed by atoms with E-state index in [4.69, 9.17) is 16.3 Å². The molecule has 2 aromatic carbocycles. The van der Waals surface area contributed by atoms with Gasteiger partial charge in [-0.3, -0.25) is 4.90 Å². The van der Waals surface area contributed by atoms with Crippen molar-refractivity contribution in [3.05, 3.63) is 75.9 Å². The molecule has 0 radical (unpaired) electrons. The quantitative estimate of drug-likeness (QED) is 0.516. The zero-order valence-electron chi connectivity index (χ0n) is 19.0. The van der Waals surface area contributed by atoms with Crippen LogP contribution in [0.3, 0.4) is 0 Å². The first-order valence-corrected chi connectivity index (χ1v) is 11.4. The lowest BCUT2D eigenvalue weighted by Gasteiger charge is -2.39. The third-order valence-corrected chi connectivity index (χ3v) is 6.32. The van der Waals surface area contributed by atoms with E-state index in [-0.39, 0.29) is 17.7 Å². The van der Waals surface area contributed by atoms with Crippen molar-refractivity contribution in [3.63, 3.8) is 0 Å². The minimum Gasteiger partial charge on any atom is -0.468 e. The summed E-state index contributed by atoms with van der Waals surface area (Å²) in [6, 6.07) is 14.7. The molecule has 0 bridgehead atoms. The summed E-state index contributed by atoms with van der Waals surface area (Å²) >= 11 is 6.38. The lowest BCUT2D eigenvalue weighted by molar-refractivity contribution is -0.147. The Balaban J connectivity index is 1.47. The highest BCUT2D eigenvalue weighted by atomic mass is 35.5. The molecule has 1 atom stereocenters. The van der Waals surface area contributed by atoms with Gasteiger partial charge in [-0.2, -0.15) is 5.10 Å². The summed E-state index contributed by atoms with van der Waals surface area (Å²) in [4.78, 5) is 29.5. The number of rotatable bonds is 6. The van der Waals surface area contributed by atoms with E-state index < -0.39 is 6.04 Å². The van der Waals surface area contributed by atoms with Crippen LogP contribution in [0, 0.1) is 0 Å². The second-order valence-electron chi connectivity index (χ2n) is 8.31. The predicted molar refractivity (Wildman–Crippen MR) is 128 cm³/mol. The molecular weight excluding hydrogens is 442 g/mol. The number of benzene rings is 2. The molecule has 3 aromatic rings. The minimum absolute atomic E-state index is 0.00824. The smallest absolute Gasteiger partial charge is 0.350 e. The van der Waals surface area contributed by atoms with Gasteiger partial charge in [0.05, 0.1) is 18.8 Å². The fraction of sp³-hybridized carbons (Fsp3) is 0.375. The average Bonchev–Trinajstić information content (AvgIpc) is 3.22. The maximum absolute atomic E-state index is 12.6. The van der Waals surface area contributed by atoms with Gasteiger partial charge in [0.15, 0.2) is 0 Å². The van der Waals surface area contributed by atoms with Crippen molar-refractivity contribution in [1.82, 2.24) is 19.2 Å². The first-order chi connectivity index (χ1) is 15.9. The molecule has 4 rings (SSSR count). The molecule has 1 fully saturated rings. The van der Waals surface area contributed by atoms with Crippen LogP contribution in [0.5, 0.6) is 0 Å². The Kier molecular flexibility index (Phi) is 6.85. The second-order valence-corrected chi connectivity index (χ2v) is 8.72. The van der Waals surface area contributed by atoms with Gasteiger partial charge in [-0.05, 0) is 49.7 Å². The van der Waals surface area contributed by atoms with Crippen molar-refractivity contribution < 1.29 is 9.53 Å². The Morgan fingerprint density at radius 1 is 1.00 bits per heavy atom. The number of hydrogen-bond donors (Lipinski definition) is 0. The Labute approximate surface area is 197 Å². The van der Waals surface area contributed by atoms with Crippen molar-refractivity contribution >= 4 is 23.3 Å². The predicted octanol–water partition coefficient (Wildman–Crippen LogP) is 3.30. The number of ether oxygens (including phenoxy) is 1. The summed E-state index contributed by atoms with van der Waals surface area (Å²) < 4.78 is 8.09. The molecule has 0 N–H and O–H groups in total. The zero-order valence-corrected chi connectivity index (χ0v) is 19.8. The van der Waals surface area contributed by atoms with Crippen molar-refractivity contribution in [2.75, 3.05) is 38.2 Å². The number of halogens is 1. The maximum Gasteiger partial charge on any atom is 0.350 e. The Morgan fingerprint density at radius 2 is 1.64 bits per heavy atom. The van der Waals surface area contributed by atoms with Crippen molar-refractivity contribution in [1.29, 1.82) is 0 Å². The first-order valence-electron chi connectivity index (χ1n) is 11.0. The SMILES string of the molecule is COC(=O)C(c1ccccc1Cl)N1CCN(c2ccc(-n3cnn(C(C)C)c3=O)cc2)CC1. The molecule has 0 amide bonds. The highest BCUT2D eigenvalue weighted by Crippen LogP contribution is 2.30. The van der Waals surface area contributed by atoms with Crippen LogP contribution in [-0.2, 0) is 9.53 Å². The van der Waals surface area contributed by atoms with Crippen LogP contribution in [0.4, 0.5) is 5.69 Å². The van der Waals surface area contributed by atoms with Gasteiger partial charge in [-0.25, -0.2) is 18.8 Å². The lowest BCUT2D eigenvalue weighted by Crippen LogP contribution is -2.49. The molecule has 1 aliphatic rings. The molecule has 1 aliphatic heterocycles. The summed E-state index contributed by atoms with van der Waals surface area (Å²) in [6.45, 7) is 6.74. The van der Waals surface area contributed by atoms with Gasteiger partial charge in [0.25, 0.3) is 0 Å². The molecule has 33 heavy (non-hydrogen) atoms. The van der Waals surface area contributed by atoms with E-state index in [1.54, 1.807) is 17.0 Å². The highest BCUT2D eigenvalue weighted by Gasteiger charge is 2.32. The highest BCUT2D eigenvalue weighted by molar-refractivity contribution is 6.31. The van der Waals surface area contributed by atoms with Gasteiger partial charge in [0, 0.05) is 36.9 Å². The lowest BCUT2D eigenvalue weighted by atomic mass is 10.0. The molecule has 8 nitrogen and oxygen atoms in total. The van der Waals surface area contributed by atoms with Crippen LogP contribution in [0.25, 0.3) is 5.69 Å². The van der Waals surface area contributed by atoms with Crippen LogP contribution in [-0.4, -0.2) is 58.5 Å². The van der Waals surface area contributed by atoms with E-state index in [9.17, 15) is 9.59 Å². The van der Waals surface area contributed by atoms with Gasteiger partial charge in [0.1, 0.15) is 12.4 Å². The molecule has 2 heterocycles. The number of methoxy groups -OCH3 is 1. The van der Waals surface area contributed by atoms with Gasteiger partial charge in [0.2, 0.25) is 0 Å². The number of esters is 1. The van der Waals surface area contributed by atoms with Crippen LogP contribution in [0.2, 0.25) is 5.02 Å². The topological polar surface area (TPSA) is 72.6 Å². The van der Waals surface area contributed by atoms with E-state index in [0.29, 0.717) is 18.1 Å². The molecule has 0 aliphatic carbocycles. The minimum atomic E-state index is -0.530. The van der Waals surface area contributed by atoms with E-state index in [1.165, 1.54) is 11.8 Å². The number of carbonyl (C=O) groups excluding carboxylic acids is 1. The summed E-state index contributed by atoms with van der Waals surface area (Å²) in [5.74, 6) is -0.312. The first kappa shape index (κ1) is 23.1. The third-order valence-electron chi connectivity index (χ3n) is 5.98. The summed E-state index contributed by atoms with van der Waals surface area (Å²) in [6.07, 6.45) is 1.55. The number of piperazine rings is 1. The average molecular weight is 470 g/mol. The number of anilines is 1. The van der Waals surface area contributed by atoms with Crippen LogP contribution in [0.15, 0.2) is 59.7 Å². The number of hydrogen-bond acceptors (Lipinski definition) is 6. The molecule has 9 heteroatoms. The number of carbonyl (C=O) groups is 1. The summed E-state index contributed by atoms with van der Waals surface area (Å²) in [7, 11) is 1.40. The molecule has 0 saturated carbocycles. The van der Waals surface area contributed by atoms with E-state index in [1.807, 2.05) is 56.3 Å². The standard InChI is InChI=1S/C24H28ClN5O3/c1-17(2)30-24(32)29(16-26-30)19-10-8-18(9-11-19)27-12-14-28(15-13-27)22(23(31)33-3)20-6-4-5-7-21(20)25/h4-11,16-17,22H,12-15H2,1-3H3. The number of nitrogens with zero attached hydrogens (tertiary/aromatic N) is 5. The monoisotopic (exact) mass is 469 g/mol. The third kappa shape index (κ3) is 4.67. The van der Waals surface area contributed by atoms with Crippen LogP contribution in [0.1, 0.15) is 31.5 Å². The molecular formula is C24H28ClN5O3. The Hall–Kier alpha value is -3.10. The molecule has 174 valence electrons. The zero-order chi connectivity index (χ0) is 23.5. The fourth-order valence-corrected chi connectivity index (χ4v) is 4.43. The van der Waals surface area contributed by atoms with Gasteiger partial charge in [-0.1, -0.05) is 29.8 Å². The van der Waals surface area contributed by atoms with Gasteiger partial charge in [-0.15, -0.1) is 0 Å². The maximum atomic E-state index is 12.6. The van der Waals surface area contributed by atoms with Gasteiger partial charge < -0.3 is 9.64 Å². The van der Waals surface area contributed by atoms with E-state index in [2.05, 4.69) is 14.9 Å². The van der Waals surface area contributed by atoms with Crippen LogP contribution >= 0.6 is 11.6 Å². The van der Waals surface area contributed by atoms with E-state index in [0.717, 1.165) is 30.0 Å². The molecule has 1 saturated heterocycles. The normalized spacial score (nSPS) is 15.6. The van der Waals surface area contributed by atoms with Crippen LogP contribution < -0.4 is 10.6 Å². The molecule has 0 spiro atoms. The van der Waals surface area contributed by atoms with E-state index >= 15 is 0 Å². The largest absolute Gasteiger partial charge is 0.468 e. The Bertz CT molecular complexity index is 1160. The second kappa shape index (κ2) is 9.80. The number of aromatic nitrogens is 3. The van der Waals surface area contributed by atoms with Crippen molar-refractivity contribution in [2.24, 2.45) is 0 Å². The van der Waals surface area contributed by atoms with Crippen molar-refractivity contribution in [2.45, 2.75) is 25.9 Å². The molecule has 1 aromatic heterocycles. The van der Waals surface area contributed by atoms with Crippen molar-refractivity contribution in [3.8, 4) is 5.69 Å². The summed E-state index contributed by atoms with van der Waals surface area (Å²) in [5.41, 5.74) is 2.45. The van der Waals surface area contributed by atoms with Gasteiger partial charge >= 0.3 is 11.7 Å². The summed E-state index contributed by atoms with van der Waals surface area (Å²) in [5, 5.41) is 4.74. The Morgan fingerprint density at radius 3 is 2.21 bits per heavy atom. The fourth-order valence-electron chi connectivity index (χ4n) is 4.19.